The second-order valence-electron chi connectivity index (χ2n) is 3.16. The largest absolute Gasteiger partial charge is 0.417 e. The molecule has 0 unspecified atom stereocenters. The van der Waals surface area contributed by atoms with Crippen molar-refractivity contribution in [3.8, 4) is 12.0 Å². The van der Waals surface area contributed by atoms with Crippen LogP contribution in [0.3, 0.4) is 0 Å². The van der Waals surface area contributed by atoms with Gasteiger partial charge in [0.2, 0.25) is 5.88 Å². The van der Waals surface area contributed by atoms with Crippen molar-refractivity contribution in [3.63, 3.8) is 0 Å². The van der Waals surface area contributed by atoms with Gasteiger partial charge in [-0.15, -0.1) is 0 Å². The fraction of sp³-hybridized carbons (Fsp3) is 0.333. The lowest BCUT2D eigenvalue weighted by atomic mass is 10.5. The first-order valence-electron chi connectivity index (χ1n) is 4.52. The number of nitrogens with zero attached hydrogens (tertiary/aromatic N) is 3. The molecule has 0 spiro atoms. The molecular weight excluding hydrogens is 196 g/mol. The van der Waals surface area contributed by atoms with E-state index in [9.17, 15) is 0 Å². The molecule has 0 fully saturated rings. The Morgan fingerprint density at radius 2 is 2.40 bits per heavy atom. The van der Waals surface area contributed by atoms with Crippen molar-refractivity contribution in [3.05, 3.63) is 23.7 Å². The lowest BCUT2D eigenvalue weighted by Crippen LogP contribution is -1.97. The summed E-state index contributed by atoms with van der Waals surface area (Å²) in [7, 11) is 1.79. The van der Waals surface area contributed by atoms with Crippen LogP contribution in [-0.2, 0) is 13.6 Å². The van der Waals surface area contributed by atoms with E-state index in [1.54, 1.807) is 17.8 Å². The van der Waals surface area contributed by atoms with Crippen LogP contribution < -0.4 is 10.5 Å². The Morgan fingerprint density at radius 3 is 2.93 bits per heavy atom. The van der Waals surface area contributed by atoms with Gasteiger partial charge in [-0.1, -0.05) is 0 Å². The molecule has 0 amide bonds. The first-order chi connectivity index (χ1) is 7.19. The van der Waals surface area contributed by atoms with Crippen molar-refractivity contribution in [2.24, 2.45) is 12.8 Å². The van der Waals surface area contributed by atoms with Gasteiger partial charge in [-0.3, -0.25) is 0 Å². The van der Waals surface area contributed by atoms with E-state index in [-0.39, 0.29) is 6.08 Å². The Hall–Kier alpha value is -1.82. The quantitative estimate of drug-likeness (QED) is 0.812. The topological polar surface area (TPSA) is 79.1 Å². The van der Waals surface area contributed by atoms with Gasteiger partial charge in [-0.25, -0.2) is 4.68 Å². The molecule has 15 heavy (non-hydrogen) atoms. The summed E-state index contributed by atoms with van der Waals surface area (Å²) in [5.41, 5.74) is 6.92. The average Bonchev–Trinajstić information content (AvgIpc) is 2.75. The first-order valence-corrected chi connectivity index (χ1v) is 4.52. The van der Waals surface area contributed by atoms with E-state index in [1.165, 1.54) is 6.26 Å². The summed E-state index contributed by atoms with van der Waals surface area (Å²) in [6, 6.07) is 1.80. The number of rotatable bonds is 3. The minimum absolute atomic E-state index is 0.179. The molecule has 80 valence electrons. The Balaban J connectivity index is 2.17. The predicted molar refractivity (Wildman–Crippen MR) is 52.4 cm³/mol. The molecule has 6 heteroatoms. The van der Waals surface area contributed by atoms with Crippen LogP contribution >= 0.6 is 0 Å². The van der Waals surface area contributed by atoms with Crippen LogP contribution in [0.5, 0.6) is 12.0 Å². The number of nitrogens with two attached hydrogens (primary N) is 1. The molecule has 2 rings (SSSR count). The van der Waals surface area contributed by atoms with Crippen LogP contribution in [-0.4, -0.2) is 14.8 Å². The predicted octanol–water partition coefficient (Wildman–Crippen LogP) is 0.968. The number of ether oxygens (including phenoxy) is 1. The Morgan fingerprint density at radius 1 is 1.60 bits per heavy atom. The van der Waals surface area contributed by atoms with Gasteiger partial charge in [-0.05, 0) is 6.92 Å². The third-order valence-corrected chi connectivity index (χ3v) is 1.89. The highest BCUT2D eigenvalue weighted by molar-refractivity contribution is 5.17. The number of aromatic nitrogens is 3. The monoisotopic (exact) mass is 208 g/mol. The van der Waals surface area contributed by atoms with Crippen LogP contribution in [0, 0.1) is 6.92 Å². The highest BCUT2D eigenvalue weighted by atomic mass is 16.6. The first kappa shape index (κ1) is 9.72. The van der Waals surface area contributed by atoms with Gasteiger partial charge in [0.05, 0.1) is 11.4 Å². The molecule has 0 aliphatic heterocycles. The van der Waals surface area contributed by atoms with Gasteiger partial charge in [0.15, 0.2) is 0 Å². The Kier molecular flexibility index (Phi) is 2.42. The molecule has 0 saturated heterocycles. The fourth-order valence-corrected chi connectivity index (χ4v) is 1.20. The Bertz CT molecular complexity index is 460. The summed E-state index contributed by atoms with van der Waals surface area (Å²) in [6.45, 7) is 2.21. The molecule has 0 bridgehead atoms. The third-order valence-electron chi connectivity index (χ3n) is 1.89. The summed E-state index contributed by atoms with van der Waals surface area (Å²) in [4.78, 5) is 4.02. The smallest absolute Gasteiger partial charge is 0.400 e. The van der Waals surface area contributed by atoms with E-state index in [0.717, 1.165) is 5.69 Å². The van der Waals surface area contributed by atoms with Crippen LogP contribution in [0.4, 0.5) is 0 Å². The van der Waals surface area contributed by atoms with Crippen LogP contribution in [0.15, 0.2) is 16.7 Å². The number of aryl methyl sites for hydroxylation is 2. The van der Waals surface area contributed by atoms with E-state index in [2.05, 4.69) is 10.1 Å². The summed E-state index contributed by atoms with van der Waals surface area (Å²) in [6.07, 6.45) is 1.65. The normalized spacial score (nSPS) is 10.6. The summed E-state index contributed by atoms with van der Waals surface area (Å²) in [5.74, 6) is 0.581. The van der Waals surface area contributed by atoms with Gasteiger partial charge in [0, 0.05) is 19.7 Å². The standard InChI is InChI=1S/C9H12N4O2/c1-6-3-8(13(2)12-6)15-9-11-7(4-10)5-14-9/h3,5H,4,10H2,1-2H3. The SMILES string of the molecule is Cc1cc(Oc2nc(CN)co2)n(C)n1. The molecule has 0 aliphatic carbocycles. The molecule has 0 radical (unpaired) electrons. The van der Waals surface area contributed by atoms with E-state index in [4.69, 9.17) is 14.9 Å². The van der Waals surface area contributed by atoms with Gasteiger partial charge in [0.1, 0.15) is 6.26 Å². The maximum atomic E-state index is 5.39. The second-order valence-corrected chi connectivity index (χ2v) is 3.16. The van der Waals surface area contributed by atoms with Crippen LogP contribution in [0.1, 0.15) is 11.4 Å². The minimum atomic E-state index is 0.179. The molecule has 6 nitrogen and oxygen atoms in total. The summed E-state index contributed by atoms with van der Waals surface area (Å²) >= 11 is 0. The van der Waals surface area contributed by atoms with E-state index < -0.39 is 0 Å². The summed E-state index contributed by atoms with van der Waals surface area (Å²) < 4.78 is 12.1. The van der Waals surface area contributed by atoms with Gasteiger partial charge in [0.25, 0.3) is 0 Å². The lowest BCUT2D eigenvalue weighted by molar-refractivity contribution is 0.309. The number of oxazole rings is 1. The maximum absolute atomic E-state index is 5.39. The van der Waals surface area contributed by atoms with Gasteiger partial charge in [-0.2, -0.15) is 10.1 Å². The zero-order chi connectivity index (χ0) is 10.8. The third kappa shape index (κ3) is 1.99. The molecular formula is C9H12N4O2. The van der Waals surface area contributed by atoms with E-state index >= 15 is 0 Å². The molecule has 0 atom stereocenters. The van der Waals surface area contributed by atoms with Crippen LogP contribution in [0.2, 0.25) is 0 Å². The van der Waals surface area contributed by atoms with Gasteiger partial charge < -0.3 is 14.9 Å². The summed E-state index contributed by atoms with van der Waals surface area (Å²) in [5, 5.41) is 4.13. The number of hydrogen-bond acceptors (Lipinski definition) is 5. The molecule has 0 aromatic carbocycles. The number of hydrogen-bond donors (Lipinski definition) is 1. The van der Waals surface area contributed by atoms with E-state index in [1.807, 2.05) is 6.92 Å². The van der Waals surface area contributed by atoms with Crippen molar-refractivity contribution < 1.29 is 9.15 Å². The van der Waals surface area contributed by atoms with Crippen molar-refractivity contribution in [1.29, 1.82) is 0 Å². The molecule has 2 heterocycles. The second kappa shape index (κ2) is 3.74. The van der Waals surface area contributed by atoms with Crippen molar-refractivity contribution in [1.82, 2.24) is 14.8 Å². The average molecular weight is 208 g/mol. The highest BCUT2D eigenvalue weighted by Gasteiger charge is 2.09. The molecule has 2 aromatic rings. The van der Waals surface area contributed by atoms with E-state index in [0.29, 0.717) is 18.1 Å². The highest BCUT2D eigenvalue weighted by Crippen LogP contribution is 2.20. The van der Waals surface area contributed by atoms with Crippen molar-refractivity contribution in [2.45, 2.75) is 13.5 Å². The Labute approximate surface area is 86.7 Å². The fourth-order valence-electron chi connectivity index (χ4n) is 1.20. The van der Waals surface area contributed by atoms with Gasteiger partial charge >= 0.3 is 6.08 Å². The molecule has 0 saturated carbocycles. The zero-order valence-electron chi connectivity index (χ0n) is 8.60. The minimum Gasteiger partial charge on any atom is -0.417 e. The van der Waals surface area contributed by atoms with Crippen LogP contribution in [0.25, 0.3) is 0 Å². The van der Waals surface area contributed by atoms with Crippen molar-refractivity contribution >= 4 is 0 Å². The lowest BCUT2D eigenvalue weighted by Gasteiger charge is -1.98. The maximum Gasteiger partial charge on any atom is 0.400 e. The molecule has 2 aromatic heterocycles. The van der Waals surface area contributed by atoms with Crippen molar-refractivity contribution in [2.75, 3.05) is 0 Å². The zero-order valence-corrected chi connectivity index (χ0v) is 8.60. The molecule has 0 aliphatic rings. The molecule has 2 N–H and O–H groups in total.